The first-order chi connectivity index (χ1) is 12.8. The van der Waals surface area contributed by atoms with Crippen molar-refractivity contribution < 1.29 is 4.79 Å². The number of fused-ring (bicyclic) bond motifs is 1. The Morgan fingerprint density at radius 2 is 1.69 bits per heavy atom. The lowest BCUT2D eigenvalue weighted by Gasteiger charge is -2.35. The molecule has 1 aliphatic carbocycles. The van der Waals surface area contributed by atoms with E-state index in [0.717, 1.165) is 52.0 Å². The summed E-state index contributed by atoms with van der Waals surface area (Å²) in [5.41, 5.74) is 4.05. The Hall–Kier alpha value is -2.33. The Morgan fingerprint density at radius 3 is 2.50 bits per heavy atom. The molecule has 136 valence electrons. The Balaban J connectivity index is 1.24. The number of aryl methyl sites for hydroxylation is 1. The molecule has 2 amide bonds. The van der Waals surface area contributed by atoms with Crippen LogP contribution in [-0.4, -0.2) is 48.6 Å². The Kier molecular flexibility index (Phi) is 5.21. The van der Waals surface area contributed by atoms with Gasteiger partial charge in [0.05, 0.1) is 6.04 Å². The van der Waals surface area contributed by atoms with E-state index in [-0.39, 0.29) is 12.1 Å². The van der Waals surface area contributed by atoms with Crippen LogP contribution in [0.2, 0.25) is 0 Å². The van der Waals surface area contributed by atoms with E-state index >= 15 is 0 Å². The summed E-state index contributed by atoms with van der Waals surface area (Å²) in [7, 11) is 0. The fourth-order valence-corrected chi connectivity index (χ4v) is 4.05. The van der Waals surface area contributed by atoms with E-state index in [9.17, 15) is 4.79 Å². The minimum absolute atomic E-state index is 0.0920. The molecule has 4 heteroatoms. The summed E-state index contributed by atoms with van der Waals surface area (Å²) < 4.78 is 0. The molecular formula is C22H27N3O. The summed E-state index contributed by atoms with van der Waals surface area (Å²) in [5, 5.41) is 3.25. The Bertz CT molecular complexity index is 738. The number of nitrogens with zero attached hydrogens (tertiary/aromatic N) is 2. The van der Waals surface area contributed by atoms with Crippen LogP contribution in [0.5, 0.6) is 0 Å². The number of hydrogen-bond donors (Lipinski definition) is 1. The molecule has 0 radical (unpaired) electrons. The van der Waals surface area contributed by atoms with Gasteiger partial charge in [-0.25, -0.2) is 4.79 Å². The van der Waals surface area contributed by atoms with Crippen LogP contribution < -0.4 is 5.32 Å². The number of benzene rings is 2. The molecule has 0 aromatic heterocycles. The zero-order chi connectivity index (χ0) is 17.8. The van der Waals surface area contributed by atoms with E-state index < -0.39 is 0 Å². The zero-order valence-electron chi connectivity index (χ0n) is 15.2. The highest BCUT2D eigenvalue weighted by Crippen LogP contribution is 2.30. The summed E-state index contributed by atoms with van der Waals surface area (Å²) in [6, 6.07) is 19.4. The van der Waals surface area contributed by atoms with Crippen LogP contribution >= 0.6 is 0 Å². The first-order valence-corrected chi connectivity index (χ1v) is 9.69. The first-order valence-electron chi connectivity index (χ1n) is 9.69. The Labute approximate surface area is 155 Å². The SMILES string of the molecule is O=C(NC1CCc2ccccc21)N1CCN(CCc2ccccc2)CC1. The Morgan fingerprint density at radius 1 is 0.962 bits per heavy atom. The highest BCUT2D eigenvalue weighted by Gasteiger charge is 2.27. The van der Waals surface area contributed by atoms with Crippen molar-refractivity contribution in [3.05, 3.63) is 71.3 Å². The minimum atomic E-state index is 0.0920. The molecule has 0 saturated carbocycles. The third kappa shape index (κ3) is 3.91. The summed E-state index contributed by atoms with van der Waals surface area (Å²) in [6.07, 6.45) is 3.16. The van der Waals surface area contributed by atoms with Gasteiger partial charge in [-0.3, -0.25) is 4.90 Å². The van der Waals surface area contributed by atoms with Gasteiger partial charge in [0.1, 0.15) is 0 Å². The van der Waals surface area contributed by atoms with Gasteiger partial charge in [0.25, 0.3) is 0 Å². The quantitative estimate of drug-likeness (QED) is 0.920. The van der Waals surface area contributed by atoms with Crippen molar-refractivity contribution in [1.29, 1.82) is 0 Å². The van der Waals surface area contributed by atoms with Gasteiger partial charge in [-0.05, 0) is 36.0 Å². The third-order valence-electron chi connectivity index (χ3n) is 5.65. The molecule has 1 N–H and O–H groups in total. The number of amides is 2. The first kappa shape index (κ1) is 17.1. The van der Waals surface area contributed by atoms with Crippen molar-refractivity contribution >= 4 is 6.03 Å². The largest absolute Gasteiger partial charge is 0.331 e. The van der Waals surface area contributed by atoms with Crippen LogP contribution in [0, 0.1) is 0 Å². The van der Waals surface area contributed by atoms with Crippen LogP contribution in [0.3, 0.4) is 0 Å². The van der Waals surface area contributed by atoms with Gasteiger partial charge >= 0.3 is 6.03 Å². The number of carbonyl (C=O) groups is 1. The normalized spacial score (nSPS) is 20.0. The fourth-order valence-electron chi connectivity index (χ4n) is 4.05. The lowest BCUT2D eigenvalue weighted by atomic mass is 10.1. The molecule has 2 aromatic carbocycles. The van der Waals surface area contributed by atoms with E-state index in [0.29, 0.717) is 0 Å². The predicted octanol–water partition coefficient (Wildman–Crippen LogP) is 3.24. The summed E-state index contributed by atoms with van der Waals surface area (Å²) in [4.78, 5) is 17.1. The summed E-state index contributed by atoms with van der Waals surface area (Å²) in [5.74, 6) is 0. The minimum Gasteiger partial charge on any atom is -0.331 e. The van der Waals surface area contributed by atoms with Crippen molar-refractivity contribution in [2.24, 2.45) is 0 Å². The maximum atomic E-state index is 12.6. The number of carbonyl (C=O) groups excluding carboxylic acids is 1. The van der Waals surface area contributed by atoms with E-state index in [4.69, 9.17) is 0 Å². The van der Waals surface area contributed by atoms with Crippen molar-refractivity contribution in [3.63, 3.8) is 0 Å². The molecule has 2 aromatic rings. The molecule has 1 aliphatic heterocycles. The maximum absolute atomic E-state index is 12.6. The van der Waals surface area contributed by atoms with Gasteiger partial charge in [0, 0.05) is 32.7 Å². The zero-order valence-corrected chi connectivity index (χ0v) is 15.2. The van der Waals surface area contributed by atoms with Crippen molar-refractivity contribution in [1.82, 2.24) is 15.1 Å². The molecule has 26 heavy (non-hydrogen) atoms. The standard InChI is InChI=1S/C22H27N3O/c26-22(23-21-11-10-19-8-4-5-9-20(19)21)25-16-14-24(15-17-25)13-12-18-6-2-1-3-7-18/h1-9,21H,10-17H2,(H,23,26). The van der Waals surface area contributed by atoms with Gasteiger partial charge in [0.2, 0.25) is 0 Å². The molecule has 2 aliphatic rings. The monoisotopic (exact) mass is 349 g/mol. The highest BCUT2D eigenvalue weighted by molar-refractivity contribution is 5.75. The second-order valence-corrected chi connectivity index (χ2v) is 7.30. The number of rotatable bonds is 4. The van der Waals surface area contributed by atoms with Gasteiger partial charge in [-0.15, -0.1) is 0 Å². The molecule has 1 fully saturated rings. The maximum Gasteiger partial charge on any atom is 0.317 e. The lowest BCUT2D eigenvalue weighted by Crippen LogP contribution is -2.52. The summed E-state index contributed by atoms with van der Waals surface area (Å²) >= 11 is 0. The summed E-state index contributed by atoms with van der Waals surface area (Å²) in [6.45, 7) is 4.61. The lowest BCUT2D eigenvalue weighted by molar-refractivity contribution is 0.138. The molecule has 4 nitrogen and oxygen atoms in total. The second kappa shape index (κ2) is 7.92. The van der Waals surface area contributed by atoms with Crippen molar-refractivity contribution in [3.8, 4) is 0 Å². The van der Waals surface area contributed by atoms with Gasteiger partial charge < -0.3 is 10.2 Å². The smallest absolute Gasteiger partial charge is 0.317 e. The topological polar surface area (TPSA) is 35.6 Å². The van der Waals surface area contributed by atoms with Gasteiger partial charge in [0.15, 0.2) is 0 Å². The predicted molar refractivity (Wildman–Crippen MR) is 104 cm³/mol. The molecule has 1 unspecified atom stereocenters. The van der Waals surface area contributed by atoms with E-state index in [2.05, 4.69) is 64.8 Å². The van der Waals surface area contributed by atoms with Gasteiger partial charge in [-0.1, -0.05) is 54.6 Å². The van der Waals surface area contributed by atoms with Crippen LogP contribution in [0.15, 0.2) is 54.6 Å². The fraction of sp³-hybridized carbons (Fsp3) is 0.409. The molecule has 1 heterocycles. The second-order valence-electron chi connectivity index (χ2n) is 7.30. The average Bonchev–Trinajstić information content (AvgIpc) is 3.10. The van der Waals surface area contributed by atoms with E-state index in [1.807, 2.05) is 4.90 Å². The molecular weight excluding hydrogens is 322 g/mol. The van der Waals surface area contributed by atoms with Crippen LogP contribution in [0.4, 0.5) is 4.79 Å². The van der Waals surface area contributed by atoms with Crippen molar-refractivity contribution in [2.75, 3.05) is 32.7 Å². The molecule has 4 rings (SSSR count). The number of hydrogen-bond acceptors (Lipinski definition) is 2. The van der Waals surface area contributed by atoms with Gasteiger partial charge in [-0.2, -0.15) is 0 Å². The van der Waals surface area contributed by atoms with Crippen LogP contribution in [-0.2, 0) is 12.8 Å². The molecule has 1 atom stereocenters. The average molecular weight is 349 g/mol. The van der Waals surface area contributed by atoms with Crippen LogP contribution in [0.25, 0.3) is 0 Å². The van der Waals surface area contributed by atoms with Crippen molar-refractivity contribution in [2.45, 2.75) is 25.3 Å². The van der Waals surface area contributed by atoms with E-state index in [1.165, 1.54) is 16.7 Å². The number of urea groups is 1. The molecule has 0 bridgehead atoms. The number of piperazine rings is 1. The highest BCUT2D eigenvalue weighted by atomic mass is 16.2. The molecule has 0 spiro atoms. The number of nitrogens with one attached hydrogen (secondary N) is 1. The third-order valence-corrected chi connectivity index (χ3v) is 5.65. The van der Waals surface area contributed by atoms with Crippen LogP contribution in [0.1, 0.15) is 29.2 Å². The van der Waals surface area contributed by atoms with E-state index in [1.54, 1.807) is 0 Å². The molecule has 1 saturated heterocycles.